The molecular weight excluding hydrogens is 262 g/mol. The van der Waals surface area contributed by atoms with Gasteiger partial charge in [0.1, 0.15) is 0 Å². The fourth-order valence-electron chi connectivity index (χ4n) is 2.18. The van der Waals surface area contributed by atoms with Crippen LogP contribution in [0.3, 0.4) is 0 Å². The van der Waals surface area contributed by atoms with Crippen LogP contribution in [-0.4, -0.2) is 13.1 Å². The number of amides is 2. The van der Waals surface area contributed by atoms with E-state index in [2.05, 4.69) is 48.0 Å². The van der Waals surface area contributed by atoms with Crippen LogP contribution in [0.25, 0.3) is 0 Å². The van der Waals surface area contributed by atoms with Gasteiger partial charge in [-0.05, 0) is 54.8 Å². The van der Waals surface area contributed by atoms with Gasteiger partial charge in [0, 0.05) is 25.0 Å². The molecule has 0 saturated carbocycles. The molecule has 0 bridgehead atoms. The van der Waals surface area contributed by atoms with Gasteiger partial charge in [-0.2, -0.15) is 0 Å². The summed E-state index contributed by atoms with van der Waals surface area (Å²) < 4.78 is 0. The lowest BCUT2D eigenvalue weighted by atomic mass is 10.0. The zero-order valence-electron chi connectivity index (χ0n) is 12.7. The Morgan fingerprint density at radius 1 is 0.952 bits per heavy atom. The third kappa shape index (κ3) is 3.99. The van der Waals surface area contributed by atoms with Gasteiger partial charge in [-0.25, -0.2) is 4.79 Å². The summed E-state index contributed by atoms with van der Waals surface area (Å²) >= 11 is 0. The van der Waals surface area contributed by atoms with Crippen molar-refractivity contribution in [1.82, 2.24) is 5.32 Å². The highest BCUT2D eigenvalue weighted by molar-refractivity contribution is 5.89. The Bertz CT molecular complexity index is 600. The van der Waals surface area contributed by atoms with Crippen LogP contribution in [0.2, 0.25) is 0 Å². The van der Waals surface area contributed by atoms with E-state index in [1.54, 1.807) is 7.05 Å². The maximum absolute atomic E-state index is 11.2. The van der Waals surface area contributed by atoms with Gasteiger partial charge >= 0.3 is 6.03 Å². The Hall–Kier alpha value is -2.49. The third-order valence-electron chi connectivity index (χ3n) is 3.48. The highest BCUT2D eigenvalue weighted by Crippen LogP contribution is 2.17. The Labute approximate surface area is 125 Å². The maximum atomic E-state index is 11.2. The molecule has 2 amide bonds. The number of carbonyl (C=O) groups is 1. The van der Waals surface area contributed by atoms with Gasteiger partial charge in [-0.1, -0.05) is 18.2 Å². The SMILES string of the molecule is CNC(=O)Nc1ccc(NCc2c(C)cccc2C)cc1. The molecule has 0 aliphatic carbocycles. The summed E-state index contributed by atoms with van der Waals surface area (Å²) in [5, 5.41) is 8.66. The topological polar surface area (TPSA) is 53.2 Å². The van der Waals surface area contributed by atoms with Crippen molar-refractivity contribution in [2.45, 2.75) is 20.4 Å². The van der Waals surface area contributed by atoms with E-state index in [9.17, 15) is 4.79 Å². The lowest BCUT2D eigenvalue weighted by molar-refractivity contribution is 0.254. The van der Waals surface area contributed by atoms with Crippen molar-refractivity contribution in [2.24, 2.45) is 0 Å². The number of benzene rings is 2. The molecule has 4 heteroatoms. The highest BCUT2D eigenvalue weighted by Gasteiger charge is 2.02. The molecule has 0 aliphatic rings. The average molecular weight is 283 g/mol. The smallest absolute Gasteiger partial charge is 0.318 e. The van der Waals surface area contributed by atoms with E-state index in [0.29, 0.717) is 0 Å². The lowest BCUT2D eigenvalue weighted by Crippen LogP contribution is -2.24. The van der Waals surface area contributed by atoms with Crippen molar-refractivity contribution >= 4 is 17.4 Å². The van der Waals surface area contributed by atoms with Gasteiger partial charge in [0.25, 0.3) is 0 Å². The number of hydrogen-bond donors (Lipinski definition) is 3. The van der Waals surface area contributed by atoms with Gasteiger partial charge in [0.05, 0.1) is 0 Å². The second kappa shape index (κ2) is 6.79. The molecule has 0 atom stereocenters. The van der Waals surface area contributed by atoms with Crippen LogP contribution in [0.1, 0.15) is 16.7 Å². The van der Waals surface area contributed by atoms with E-state index in [1.807, 2.05) is 24.3 Å². The first-order valence-electron chi connectivity index (χ1n) is 6.98. The molecule has 0 unspecified atom stereocenters. The number of rotatable bonds is 4. The van der Waals surface area contributed by atoms with Crippen LogP contribution in [0.4, 0.5) is 16.2 Å². The Balaban J connectivity index is 1.99. The Kier molecular flexibility index (Phi) is 4.82. The minimum absolute atomic E-state index is 0.216. The van der Waals surface area contributed by atoms with E-state index < -0.39 is 0 Å². The van der Waals surface area contributed by atoms with E-state index >= 15 is 0 Å². The van der Waals surface area contributed by atoms with Crippen molar-refractivity contribution in [3.8, 4) is 0 Å². The molecule has 0 saturated heterocycles. The molecule has 2 aromatic carbocycles. The van der Waals surface area contributed by atoms with Gasteiger partial charge in [0.15, 0.2) is 0 Å². The predicted octanol–water partition coefficient (Wildman–Crippen LogP) is 3.67. The molecule has 110 valence electrons. The quantitative estimate of drug-likeness (QED) is 0.802. The molecule has 0 aromatic heterocycles. The minimum Gasteiger partial charge on any atom is -0.381 e. The zero-order chi connectivity index (χ0) is 15.2. The van der Waals surface area contributed by atoms with Crippen molar-refractivity contribution in [3.05, 3.63) is 59.2 Å². The molecule has 0 spiro atoms. The lowest BCUT2D eigenvalue weighted by Gasteiger charge is -2.12. The normalized spacial score (nSPS) is 10.0. The standard InChI is InChI=1S/C17H21N3O/c1-12-5-4-6-13(2)16(12)11-19-14-7-9-15(10-8-14)20-17(21)18-3/h4-10,19H,11H2,1-3H3,(H2,18,20,21). The van der Waals surface area contributed by atoms with E-state index in [4.69, 9.17) is 0 Å². The number of aryl methyl sites for hydroxylation is 2. The number of anilines is 2. The van der Waals surface area contributed by atoms with Gasteiger partial charge in [-0.3, -0.25) is 0 Å². The third-order valence-corrected chi connectivity index (χ3v) is 3.48. The number of urea groups is 1. The van der Waals surface area contributed by atoms with Crippen molar-refractivity contribution in [2.75, 3.05) is 17.7 Å². The highest BCUT2D eigenvalue weighted by atomic mass is 16.2. The van der Waals surface area contributed by atoms with Crippen molar-refractivity contribution in [3.63, 3.8) is 0 Å². The monoisotopic (exact) mass is 283 g/mol. The first-order valence-corrected chi connectivity index (χ1v) is 6.98. The van der Waals surface area contributed by atoms with Crippen LogP contribution in [0.5, 0.6) is 0 Å². The molecule has 0 aliphatic heterocycles. The van der Waals surface area contributed by atoms with Crippen molar-refractivity contribution < 1.29 is 4.79 Å². The fourth-order valence-corrected chi connectivity index (χ4v) is 2.18. The Morgan fingerprint density at radius 3 is 2.10 bits per heavy atom. The average Bonchev–Trinajstić information content (AvgIpc) is 2.48. The molecule has 0 radical (unpaired) electrons. The van der Waals surface area contributed by atoms with E-state index in [1.165, 1.54) is 16.7 Å². The van der Waals surface area contributed by atoms with Crippen LogP contribution >= 0.6 is 0 Å². The van der Waals surface area contributed by atoms with Crippen LogP contribution in [-0.2, 0) is 6.54 Å². The molecule has 4 nitrogen and oxygen atoms in total. The molecule has 3 N–H and O–H groups in total. The van der Waals surface area contributed by atoms with Gasteiger partial charge < -0.3 is 16.0 Å². The number of nitrogens with one attached hydrogen (secondary N) is 3. The summed E-state index contributed by atoms with van der Waals surface area (Å²) in [5.74, 6) is 0. The molecule has 0 heterocycles. The van der Waals surface area contributed by atoms with Crippen LogP contribution < -0.4 is 16.0 Å². The maximum Gasteiger partial charge on any atom is 0.318 e. The fraction of sp³-hybridized carbons (Fsp3) is 0.235. The molecule has 0 fully saturated rings. The number of hydrogen-bond acceptors (Lipinski definition) is 2. The number of carbonyl (C=O) groups excluding carboxylic acids is 1. The predicted molar refractivity (Wildman–Crippen MR) is 87.8 cm³/mol. The van der Waals surface area contributed by atoms with Gasteiger partial charge in [-0.15, -0.1) is 0 Å². The van der Waals surface area contributed by atoms with E-state index in [-0.39, 0.29) is 6.03 Å². The second-order valence-electron chi connectivity index (χ2n) is 5.01. The zero-order valence-corrected chi connectivity index (χ0v) is 12.7. The summed E-state index contributed by atoms with van der Waals surface area (Å²) in [7, 11) is 1.59. The van der Waals surface area contributed by atoms with Gasteiger partial charge in [0.2, 0.25) is 0 Å². The molecular formula is C17H21N3O. The minimum atomic E-state index is -0.216. The summed E-state index contributed by atoms with van der Waals surface area (Å²) in [6.07, 6.45) is 0. The largest absolute Gasteiger partial charge is 0.381 e. The first-order chi connectivity index (χ1) is 10.1. The summed E-state index contributed by atoms with van der Waals surface area (Å²) in [6, 6.07) is 13.8. The summed E-state index contributed by atoms with van der Waals surface area (Å²) in [4.78, 5) is 11.2. The first kappa shape index (κ1) is 14.9. The van der Waals surface area contributed by atoms with Crippen LogP contribution in [0, 0.1) is 13.8 Å². The molecule has 2 rings (SSSR count). The molecule has 2 aromatic rings. The van der Waals surface area contributed by atoms with Crippen molar-refractivity contribution in [1.29, 1.82) is 0 Å². The summed E-state index contributed by atoms with van der Waals surface area (Å²) in [6.45, 7) is 5.04. The van der Waals surface area contributed by atoms with E-state index in [0.717, 1.165) is 17.9 Å². The molecule has 21 heavy (non-hydrogen) atoms. The Morgan fingerprint density at radius 2 is 1.52 bits per heavy atom. The summed E-state index contributed by atoms with van der Waals surface area (Å²) in [5.41, 5.74) is 5.71. The van der Waals surface area contributed by atoms with Crippen LogP contribution in [0.15, 0.2) is 42.5 Å². The second-order valence-corrected chi connectivity index (χ2v) is 5.01.